The highest BCUT2D eigenvalue weighted by Crippen LogP contribution is 2.21. The zero-order valence-corrected chi connectivity index (χ0v) is 13.7. The molecule has 3 heteroatoms. The number of pyridine rings is 1. The quantitative estimate of drug-likeness (QED) is 0.911. The van der Waals surface area contributed by atoms with E-state index in [4.69, 9.17) is 0 Å². The molecule has 0 aliphatic heterocycles. The molecule has 120 valence electrons. The highest BCUT2D eigenvalue weighted by Gasteiger charge is 2.17. The summed E-state index contributed by atoms with van der Waals surface area (Å²) in [5.41, 5.74) is 4.05. The molecule has 1 aliphatic carbocycles. The second kappa shape index (κ2) is 7.40. The molecule has 1 N–H and O–H groups in total. The molecule has 1 aliphatic rings. The topological polar surface area (TPSA) is 42.0 Å². The Balaban J connectivity index is 1.74. The molecule has 0 bridgehead atoms. The van der Waals surface area contributed by atoms with E-state index in [1.54, 1.807) is 6.20 Å². The second-order valence-corrected chi connectivity index (χ2v) is 6.32. The summed E-state index contributed by atoms with van der Waals surface area (Å²) in [7, 11) is 0. The molecule has 1 saturated carbocycles. The number of nitrogens with zero attached hydrogens (tertiary/aromatic N) is 1. The molecule has 1 fully saturated rings. The summed E-state index contributed by atoms with van der Waals surface area (Å²) >= 11 is 0. The summed E-state index contributed by atoms with van der Waals surface area (Å²) < 4.78 is 0. The van der Waals surface area contributed by atoms with Gasteiger partial charge >= 0.3 is 0 Å². The van der Waals surface area contributed by atoms with Gasteiger partial charge in [0.1, 0.15) is 0 Å². The van der Waals surface area contributed by atoms with Crippen LogP contribution in [0.2, 0.25) is 0 Å². The lowest BCUT2D eigenvalue weighted by Crippen LogP contribution is -2.36. The van der Waals surface area contributed by atoms with Crippen LogP contribution < -0.4 is 5.32 Å². The average molecular weight is 308 g/mol. The number of hydrogen-bond acceptors (Lipinski definition) is 2. The van der Waals surface area contributed by atoms with E-state index >= 15 is 0 Å². The van der Waals surface area contributed by atoms with Gasteiger partial charge < -0.3 is 5.32 Å². The van der Waals surface area contributed by atoms with Crippen molar-refractivity contribution >= 4 is 5.91 Å². The first-order valence-electron chi connectivity index (χ1n) is 8.61. The van der Waals surface area contributed by atoms with Crippen molar-refractivity contribution < 1.29 is 4.79 Å². The summed E-state index contributed by atoms with van der Waals surface area (Å²) in [5.74, 6) is -0.00331. The maximum atomic E-state index is 12.4. The van der Waals surface area contributed by atoms with E-state index in [2.05, 4.69) is 41.5 Å². The Morgan fingerprint density at radius 1 is 1.09 bits per heavy atom. The highest BCUT2D eigenvalue weighted by molar-refractivity contribution is 5.95. The zero-order valence-electron chi connectivity index (χ0n) is 13.7. The molecule has 0 saturated heterocycles. The summed E-state index contributed by atoms with van der Waals surface area (Å²) in [6.07, 6.45) is 10.4. The van der Waals surface area contributed by atoms with Gasteiger partial charge in [0.2, 0.25) is 0 Å². The Morgan fingerprint density at radius 3 is 2.52 bits per heavy atom. The van der Waals surface area contributed by atoms with Gasteiger partial charge in [0.25, 0.3) is 5.91 Å². The van der Waals surface area contributed by atoms with Crippen LogP contribution in [0.25, 0.3) is 11.1 Å². The Bertz CT molecular complexity index is 658. The van der Waals surface area contributed by atoms with Gasteiger partial charge in [0.15, 0.2) is 0 Å². The Labute approximate surface area is 138 Å². The minimum absolute atomic E-state index is 0.00331. The van der Waals surface area contributed by atoms with Crippen molar-refractivity contribution in [3.05, 3.63) is 53.9 Å². The molecule has 1 heterocycles. The molecule has 23 heavy (non-hydrogen) atoms. The first-order valence-corrected chi connectivity index (χ1v) is 8.61. The molecule has 3 nitrogen and oxygen atoms in total. The van der Waals surface area contributed by atoms with Gasteiger partial charge in [0, 0.05) is 24.0 Å². The standard InChI is InChI=1S/C20H24N2O/c1-2-15-8-10-16(11-9-15)17-12-18(14-21-13-17)20(23)22-19-6-4-3-5-7-19/h8-14,19H,2-7H2,1H3,(H,22,23). The zero-order chi connectivity index (χ0) is 16.1. The maximum absolute atomic E-state index is 12.4. The Hall–Kier alpha value is -2.16. The lowest BCUT2D eigenvalue weighted by atomic mass is 9.95. The van der Waals surface area contributed by atoms with Crippen LogP contribution in [0.1, 0.15) is 54.9 Å². The minimum Gasteiger partial charge on any atom is -0.349 e. The fraction of sp³-hybridized carbons (Fsp3) is 0.400. The van der Waals surface area contributed by atoms with Crippen molar-refractivity contribution in [2.45, 2.75) is 51.5 Å². The third-order valence-corrected chi connectivity index (χ3v) is 4.64. The second-order valence-electron chi connectivity index (χ2n) is 6.32. The molecule has 2 aromatic rings. The molecule has 0 unspecified atom stereocenters. The normalized spacial score (nSPS) is 15.3. The van der Waals surface area contributed by atoms with Gasteiger partial charge in [0.05, 0.1) is 5.56 Å². The SMILES string of the molecule is CCc1ccc(-c2cncc(C(=O)NC3CCCCC3)c2)cc1. The van der Waals surface area contributed by atoms with Gasteiger partial charge in [-0.15, -0.1) is 0 Å². The average Bonchev–Trinajstić information content (AvgIpc) is 2.63. The van der Waals surface area contributed by atoms with Gasteiger partial charge in [-0.05, 0) is 36.5 Å². The van der Waals surface area contributed by atoms with Gasteiger partial charge in [-0.1, -0.05) is 50.5 Å². The molecule has 0 radical (unpaired) electrons. The van der Waals surface area contributed by atoms with E-state index in [0.717, 1.165) is 30.4 Å². The van der Waals surface area contributed by atoms with Crippen molar-refractivity contribution in [2.24, 2.45) is 0 Å². The van der Waals surface area contributed by atoms with Crippen LogP contribution in [0.4, 0.5) is 0 Å². The summed E-state index contributed by atoms with van der Waals surface area (Å²) in [4.78, 5) is 16.7. The minimum atomic E-state index is -0.00331. The number of amides is 1. The van der Waals surface area contributed by atoms with Crippen molar-refractivity contribution in [1.82, 2.24) is 10.3 Å². The first kappa shape index (κ1) is 15.7. The molecule has 3 rings (SSSR count). The van der Waals surface area contributed by atoms with Crippen LogP contribution in [0.3, 0.4) is 0 Å². The highest BCUT2D eigenvalue weighted by atomic mass is 16.1. The molecule has 0 spiro atoms. The Kier molecular flexibility index (Phi) is 5.06. The van der Waals surface area contributed by atoms with Crippen LogP contribution in [0, 0.1) is 0 Å². The van der Waals surface area contributed by atoms with E-state index in [1.165, 1.54) is 24.8 Å². The van der Waals surface area contributed by atoms with Crippen molar-refractivity contribution in [3.8, 4) is 11.1 Å². The summed E-state index contributed by atoms with van der Waals surface area (Å²) in [5, 5.41) is 3.15. The van der Waals surface area contributed by atoms with Gasteiger partial charge in [-0.3, -0.25) is 9.78 Å². The number of benzene rings is 1. The van der Waals surface area contributed by atoms with Crippen molar-refractivity contribution in [3.63, 3.8) is 0 Å². The number of carbonyl (C=O) groups excluding carboxylic acids is 1. The number of aromatic nitrogens is 1. The predicted octanol–water partition coefficient (Wildman–Crippen LogP) is 4.37. The number of hydrogen-bond donors (Lipinski definition) is 1. The fourth-order valence-corrected chi connectivity index (χ4v) is 3.17. The monoisotopic (exact) mass is 308 g/mol. The van der Waals surface area contributed by atoms with Crippen LogP contribution in [-0.2, 0) is 6.42 Å². The molecule has 0 atom stereocenters. The lowest BCUT2D eigenvalue weighted by Gasteiger charge is -2.22. The van der Waals surface area contributed by atoms with E-state index in [1.807, 2.05) is 12.3 Å². The summed E-state index contributed by atoms with van der Waals surface area (Å²) in [6.45, 7) is 2.15. The Morgan fingerprint density at radius 2 is 1.83 bits per heavy atom. The summed E-state index contributed by atoms with van der Waals surface area (Å²) in [6, 6.07) is 10.7. The molecule has 1 amide bonds. The van der Waals surface area contributed by atoms with Crippen LogP contribution in [0.15, 0.2) is 42.7 Å². The van der Waals surface area contributed by atoms with Gasteiger partial charge in [-0.2, -0.15) is 0 Å². The molecule has 1 aromatic heterocycles. The largest absolute Gasteiger partial charge is 0.349 e. The molecule has 1 aromatic carbocycles. The number of carbonyl (C=O) groups is 1. The van der Waals surface area contributed by atoms with Crippen molar-refractivity contribution in [1.29, 1.82) is 0 Å². The predicted molar refractivity (Wildman–Crippen MR) is 93.4 cm³/mol. The smallest absolute Gasteiger partial charge is 0.253 e. The molecular formula is C20H24N2O. The van der Waals surface area contributed by atoms with E-state index in [9.17, 15) is 4.79 Å². The lowest BCUT2D eigenvalue weighted by molar-refractivity contribution is 0.0927. The third-order valence-electron chi connectivity index (χ3n) is 4.64. The number of rotatable bonds is 4. The van der Waals surface area contributed by atoms with Crippen molar-refractivity contribution in [2.75, 3.05) is 0 Å². The van der Waals surface area contributed by atoms with E-state index in [-0.39, 0.29) is 5.91 Å². The van der Waals surface area contributed by atoms with Crippen LogP contribution >= 0.6 is 0 Å². The van der Waals surface area contributed by atoms with E-state index in [0.29, 0.717) is 11.6 Å². The number of aryl methyl sites for hydroxylation is 1. The maximum Gasteiger partial charge on any atom is 0.253 e. The fourth-order valence-electron chi connectivity index (χ4n) is 3.17. The third kappa shape index (κ3) is 3.98. The van der Waals surface area contributed by atoms with Gasteiger partial charge in [-0.25, -0.2) is 0 Å². The van der Waals surface area contributed by atoms with E-state index < -0.39 is 0 Å². The molecular weight excluding hydrogens is 284 g/mol. The van der Waals surface area contributed by atoms with Crippen LogP contribution in [0.5, 0.6) is 0 Å². The van der Waals surface area contributed by atoms with Crippen LogP contribution in [-0.4, -0.2) is 16.9 Å². The number of nitrogens with one attached hydrogen (secondary N) is 1. The first-order chi connectivity index (χ1) is 11.3.